The summed E-state index contributed by atoms with van der Waals surface area (Å²) in [4.78, 5) is 0. The van der Waals surface area contributed by atoms with Crippen molar-refractivity contribution in [3.8, 4) is 28.0 Å². The molecule has 0 radical (unpaired) electrons. The van der Waals surface area contributed by atoms with Crippen LogP contribution in [-0.2, 0) is 9.47 Å². The van der Waals surface area contributed by atoms with E-state index in [2.05, 4.69) is 13.5 Å². The van der Waals surface area contributed by atoms with Crippen molar-refractivity contribution in [1.82, 2.24) is 0 Å². The summed E-state index contributed by atoms with van der Waals surface area (Å²) >= 11 is 0. The van der Waals surface area contributed by atoms with E-state index in [0.717, 1.165) is 19.3 Å². The first-order valence-corrected chi connectivity index (χ1v) is 13.9. The van der Waals surface area contributed by atoms with Gasteiger partial charge < -0.3 is 14.2 Å². The zero-order valence-corrected chi connectivity index (χ0v) is 22.6. The maximum absolute atomic E-state index is 15.0. The van der Waals surface area contributed by atoms with E-state index >= 15 is 0 Å². The van der Waals surface area contributed by atoms with E-state index in [0.29, 0.717) is 42.1 Å². The van der Waals surface area contributed by atoms with Gasteiger partial charge in [-0.1, -0.05) is 87.9 Å². The Labute approximate surface area is 229 Å². The van der Waals surface area contributed by atoms with Crippen molar-refractivity contribution in [2.75, 3.05) is 19.8 Å². The van der Waals surface area contributed by atoms with E-state index in [1.54, 1.807) is 42.5 Å². The van der Waals surface area contributed by atoms with Crippen LogP contribution in [0.1, 0.15) is 63.7 Å². The lowest BCUT2D eigenvalue weighted by molar-refractivity contribution is -0.197. The Morgan fingerprint density at radius 2 is 1.41 bits per heavy atom. The first kappa shape index (κ1) is 28.9. The predicted molar refractivity (Wildman–Crippen MR) is 149 cm³/mol. The molecule has 0 N–H and O–H groups in total. The normalized spacial score (nSPS) is 17.2. The molecule has 0 bridgehead atoms. The summed E-state index contributed by atoms with van der Waals surface area (Å²) in [6.07, 6.45) is 9.02. The van der Waals surface area contributed by atoms with Gasteiger partial charge in [0.15, 0.2) is 17.9 Å². The van der Waals surface area contributed by atoms with Crippen LogP contribution in [0.3, 0.4) is 0 Å². The van der Waals surface area contributed by atoms with Crippen LogP contribution >= 0.6 is 0 Å². The molecule has 1 fully saturated rings. The first-order chi connectivity index (χ1) is 19.0. The highest BCUT2D eigenvalue weighted by atomic mass is 19.2. The molecule has 3 aromatic rings. The lowest BCUT2D eigenvalue weighted by Gasteiger charge is -2.28. The number of benzene rings is 3. The van der Waals surface area contributed by atoms with E-state index in [1.807, 2.05) is 0 Å². The molecule has 208 valence electrons. The molecule has 39 heavy (non-hydrogen) atoms. The molecule has 0 atom stereocenters. The van der Waals surface area contributed by atoms with Gasteiger partial charge in [-0.2, -0.15) is 4.39 Å². The number of halogens is 3. The molecule has 1 saturated heterocycles. The molecule has 0 unspecified atom stereocenters. The Kier molecular flexibility index (Phi) is 10.6. The van der Waals surface area contributed by atoms with Crippen molar-refractivity contribution < 1.29 is 27.4 Å². The monoisotopic (exact) mass is 538 g/mol. The number of hydrogen-bond acceptors (Lipinski definition) is 3. The molecule has 3 nitrogen and oxygen atoms in total. The molecule has 3 aromatic carbocycles. The Morgan fingerprint density at radius 3 is 2.05 bits per heavy atom. The van der Waals surface area contributed by atoms with Crippen molar-refractivity contribution in [2.24, 2.45) is 5.92 Å². The van der Waals surface area contributed by atoms with Crippen molar-refractivity contribution in [3.63, 3.8) is 0 Å². The number of rotatable bonds is 13. The fraction of sp³-hybridized carbons (Fsp3) is 0.394. The third kappa shape index (κ3) is 7.52. The van der Waals surface area contributed by atoms with Gasteiger partial charge >= 0.3 is 0 Å². The van der Waals surface area contributed by atoms with Gasteiger partial charge in [-0.05, 0) is 35.7 Å². The predicted octanol–water partition coefficient (Wildman–Crippen LogP) is 9.41. The Hall–Kier alpha value is -3.09. The second kappa shape index (κ2) is 14.3. The summed E-state index contributed by atoms with van der Waals surface area (Å²) in [7, 11) is 0. The Balaban J connectivity index is 1.37. The highest BCUT2D eigenvalue weighted by Crippen LogP contribution is 2.33. The maximum atomic E-state index is 15.0. The van der Waals surface area contributed by atoms with Crippen LogP contribution in [-0.4, -0.2) is 19.8 Å². The highest BCUT2D eigenvalue weighted by molar-refractivity contribution is 5.71. The van der Waals surface area contributed by atoms with Gasteiger partial charge in [0.05, 0.1) is 19.8 Å². The summed E-state index contributed by atoms with van der Waals surface area (Å²) < 4.78 is 61.5. The molecular weight excluding hydrogens is 501 g/mol. The zero-order chi connectivity index (χ0) is 27.6. The van der Waals surface area contributed by atoms with Gasteiger partial charge in [0.1, 0.15) is 5.82 Å². The summed E-state index contributed by atoms with van der Waals surface area (Å²) in [5.74, 6) is -2.32. The van der Waals surface area contributed by atoms with Crippen molar-refractivity contribution in [1.29, 1.82) is 0 Å². The molecule has 0 amide bonds. The van der Waals surface area contributed by atoms with Gasteiger partial charge in [-0.25, -0.2) is 8.78 Å². The molecule has 1 aliphatic heterocycles. The largest absolute Gasteiger partial charge is 0.490 e. The van der Waals surface area contributed by atoms with Crippen LogP contribution in [0.2, 0.25) is 0 Å². The average molecular weight is 539 g/mol. The SMILES string of the molecule is C=CC1COC(c2ccc(-c3ccc(-c4ccc(OCCCCCCCCC)c(F)c4F)cc3)c(F)c2)OC1. The highest BCUT2D eigenvalue weighted by Gasteiger charge is 2.23. The minimum atomic E-state index is -0.993. The third-order valence-electron chi connectivity index (χ3n) is 7.08. The minimum Gasteiger partial charge on any atom is -0.490 e. The van der Waals surface area contributed by atoms with Crippen molar-refractivity contribution in [2.45, 2.75) is 58.2 Å². The fourth-order valence-electron chi connectivity index (χ4n) is 4.70. The van der Waals surface area contributed by atoms with Crippen LogP contribution in [0.25, 0.3) is 22.3 Å². The second-order valence-electron chi connectivity index (χ2n) is 10.0. The summed E-state index contributed by atoms with van der Waals surface area (Å²) in [6, 6.07) is 14.5. The van der Waals surface area contributed by atoms with E-state index in [1.165, 1.54) is 43.9 Å². The molecule has 4 rings (SSSR count). The molecule has 1 aliphatic rings. The van der Waals surface area contributed by atoms with Crippen LogP contribution in [0, 0.1) is 23.4 Å². The maximum Gasteiger partial charge on any atom is 0.201 e. The van der Waals surface area contributed by atoms with Crippen LogP contribution in [0.4, 0.5) is 13.2 Å². The number of ether oxygens (including phenoxy) is 3. The number of unbranched alkanes of at least 4 members (excludes halogenated alkanes) is 6. The zero-order valence-electron chi connectivity index (χ0n) is 22.6. The van der Waals surface area contributed by atoms with Gasteiger partial charge in [-0.15, -0.1) is 6.58 Å². The quantitative estimate of drug-likeness (QED) is 0.160. The van der Waals surface area contributed by atoms with Crippen LogP contribution < -0.4 is 4.74 Å². The van der Waals surface area contributed by atoms with E-state index in [9.17, 15) is 13.2 Å². The van der Waals surface area contributed by atoms with E-state index in [-0.39, 0.29) is 17.2 Å². The topological polar surface area (TPSA) is 27.7 Å². The minimum absolute atomic E-state index is 0.0769. The third-order valence-corrected chi connectivity index (χ3v) is 7.08. The molecule has 1 heterocycles. The van der Waals surface area contributed by atoms with Crippen LogP contribution in [0.15, 0.2) is 67.3 Å². The van der Waals surface area contributed by atoms with Crippen LogP contribution in [0.5, 0.6) is 5.75 Å². The summed E-state index contributed by atoms with van der Waals surface area (Å²) in [6.45, 7) is 7.23. The Morgan fingerprint density at radius 1 is 0.795 bits per heavy atom. The van der Waals surface area contributed by atoms with Gasteiger partial charge in [0, 0.05) is 22.6 Å². The summed E-state index contributed by atoms with van der Waals surface area (Å²) in [5, 5.41) is 0. The molecule has 0 spiro atoms. The number of hydrogen-bond donors (Lipinski definition) is 0. The van der Waals surface area contributed by atoms with Gasteiger partial charge in [-0.3, -0.25) is 0 Å². The smallest absolute Gasteiger partial charge is 0.201 e. The Bertz CT molecular complexity index is 1220. The lowest BCUT2D eigenvalue weighted by Crippen LogP contribution is -2.25. The molecule has 0 saturated carbocycles. The molecule has 0 aliphatic carbocycles. The summed E-state index contributed by atoms with van der Waals surface area (Å²) in [5.41, 5.74) is 2.23. The molecular formula is C33H37F3O3. The lowest BCUT2D eigenvalue weighted by atomic mass is 9.98. The van der Waals surface area contributed by atoms with Gasteiger partial charge in [0.2, 0.25) is 5.82 Å². The van der Waals surface area contributed by atoms with E-state index < -0.39 is 23.7 Å². The van der Waals surface area contributed by atoms with Crippen molar-refractivity contribution in [3.05, 3.63) is 90.3 Å². The molecule has 6 heteroatoms. The van der Waals surface area contributed by atoms with E-state index in [4.69, 9.17) is 14.2 Å². The second-order valence-corrected chi connectivity index (χ2v) is 10.0. The fourth-order valence-corrected chi connectivity index (χ4v) is 4.70. The van der Waals surface area contributed by atoms with Crippen molar-refractivity contribution >= 4 is 0 Å². The first-order valence-electron chi connectivity index (χ1n) is 13.9. The average Bonchev–Trinajstić information content (AvgIpc) is 2.97. The molecule has 0 aromatic heterocycles. The standard InChI is InChI=1S/C33H37F3O3/c1-3-5-6-7-8-9-10-19-37-30-18-17-28(31(35)32(30)36)25-13-11-24(12-14-25)27-16-15-26(20-29(27)34)33-38-21-23(4-2)22-39-33/h4,11-18,20,23,33H,2-3,5-10,19,21-22H2,1H3. The van der Waals surface area contributed by atoms with Gasteiger partial charge in [0.25, 0.3) is 0 Å².